The molecule has 0 aliphatic carbocycles. The van der Waals surface area contributed by atoms with Gasteiger partial charge in [-0.2, -0.15) is 0 Å². The van der Waals surface area contributed by atoms with Gasteiger partial charge in [0.05, 0.1) is 35.6 Å². The van der Waals surface area contributed by atoms with Crippen LogP contribution >= 0.6 is 0 Å². The molecule has 0 unspecified atom stereocenters. The monoisotopic (exact) mass is 469 g/mol. The van der Waals surface area contributed by atoms with Crippen molar-refractivity contribution >= 4 is 34.2 Å². The lowest BCUT2D eigenvalue weighted by Gasteiger charge is -2.10. The highest BCUT2D eigenvalue weighted by molar-refractivity contribution is 6.22. The maximum Gasteiger partial charge on any atom is 0.338 e. The molecule has 0 aliphatic rings. The molecule has 0 aliphatic heterocycles. The van der Waals surface area contributed by atoms with Gasteiger partial charge >= 0.3 is 5.97 Å². The standard InChI is InChI=1S/C28H27N3O4/c1-4-35-28(34)20-12-15-22-23(17-20)30-27(33)25(22)26(19-8-6-5-7-9-19)29-21-13-10-18(11-14-21)16-24(32)31(2)3/h5-15,17,30,33H,4,16H2,1-3H3. The molecule has 1 amide bonds. The number of hydrogen-bond donors (Lipinski definition) is 2. The number of aliphatic imine (C=N–C) groups is 1. The summed E-state index contributed by atoms with van der Waals surface area (Å²) in [5, 5.41) is 11.6. The number of ether oxygens (including phenoxy) is 1. The molecule has 0 fully saturated rings. The molecule has 4 rings (SSSR count). The summed E-state index contributed by atoms with van der Waals surface area (Å²) in [5.41, 5.74) is 4.51. The molecule has 0 saturated heterocycles. The Morgan fingerprint density at radius 3 is 2.34 bits per heavy atom. The van der Waals surface area contributed by atoms with Gasteiger partial charge < -0.3 is 19.7 Å². The first-order valence-corrected chi connectivity index (χ1v) is 11.3. The van der Waals surface area contributed by atoms with Crippen LogP contribution in [0, 0.1) is 0 Å². The number of rotatable bonds is 7. The number of fused-ring (bicyclic) bond motifs is 1. The van der Waals surface area contributed by atoms with Gasteiger partial charge in [0.15, 0.2) is 5.88 Å². The predicted molar refractivity (Wildman–Crippen MR) is 137 cm³/mol. The first kappa shape index (κ1) is 23.8. The molecular weight excluding hydrogens is 442 g/mol. The molecule has 1 heterocycles. The Labute approximate surface area is 203 Å². The third-order valence-corrected chi connectivity index (χ3v) is 5.61. The average Bonchev–Trinajstić information content (AvgIpc) is 3.18. The van der Waals surface area contributed by atoms with Crippen molar-refractivity contribution in [1.82, 2.24) is 9.88 Å². The zero-order chi connectivity index (χ0) is 24.9. The van der Waals surface area contributed by atoms with E-state index in [1.165, 1.54) is 0 Å². The summed E-state index contributed by atoms with van der Waals surface area (Å²) in [6.07, 6.45) is 0.314. The molecule has 35 heavy (non-hydrogen) atoms. The number of H-pyrrole nitrogens is 1. The third kappa shape index (κ3) is 5.24. The summed E-state index contributed by atoms with van der Waals surface area (Å²) in [5.74, 6) is -0.441. The highest BCUT2D eigenvalue weighted by Gasteiger charge is 2.20. The smallest absolute Gasteiger partial charge is 0.338 e. The van der Waals surface area contributed by atoms with Gasteiger partial charge in [0.25, 0.3) is 0 Å². The Morgan fingerprint density at radius 2 is 1.69 bits per heavy atom. The summed E-state index contributed by atoms with van der Waals surface area (Å²) >= 11 is 0. The van der Waals surface area contributed by atoms with E-state index in [9.17, 15) is 14.7 Å². The third-order valence-electron chi connectivity index (χ3n) is 5.61. The van der Waals surface area contributed by atoms with Crippen LogP contribution in [-0.2, 0) is 16.0 Å². The Hall–Kier alpha value is -4.39. The maximum absolute atomic E-state index is 12.2. The topological polar surface area (TPSA) is 95.0 Å². The van der Waals surface area contributed by atoms with E-state index in [1.54, 1.807) is 44.1 Å². The van der Waals surface area contributed by atoms with E-state index in [1.807, 2.05) is 54.6 Å². The number of amides is 1. The summed E-state index contributed by atoms with van der Waals surface area (Å²) in [6, 6.07) is 22.2. The minimum Gasteiger partial charge on any atom is -0.494 e. The maximum atomic E-state index is 12.2. The van der Waals surface area contributed by atoms with Crippen LogP contribution in [0.15, 0.2) is 77.8 Å². The van der Waals surface area contributed by atoms with Gasteiger partial charge in [-0.25, -0.2) is 9.79 Å². The van der Waals surface area contributed by atoms with Crippen LogP contribution < -0.4 is 0 Å². The van der Waals surface area contributed by atoms with E-state index in [0.29, 0.717) is 34.5 Å². The van der Waals surface area contributed by atoms with Crippen molar-refractivity contribution in [2.45, 2.75) is 13.3 Å². The minimum absolute atomic E-state index is 0.0251. The summed E-state index contributed by atoms with van der Waals surface area (Å²) in [7, 11) is 3.47. The number of aromatic nitrogens is 1. The second-order valence-electron chi connectivity index (χ2n) is 8.29. The molecule has 0 atom stereocenters. The number of nitrogens with one attached hydrogen (secondary N) is 1. The first-order chi connectivity index (χ1) is 16.9. The van der Waals surface area contributed by atoms with Crippen molar-refractivity contribution in [2.75, 3.05) is 20.7 Å². The van der Waals surface area contributed by atoms with E-state index in [0.717, 1.165) is 16.5 Å². The van der Waals surface area contributed by atoms with Gasteiger partial charge in [-0.1, -0.05) is 48.5 Å². The van der Waals surface area contributed by atoms with Crippen LogP contribution in [0.1, 0.15) is 34.0 Å². The van der Waals surface area contributed by atoms with Crippen LogP contribution in [0.5, 0.6) is 5.88 Å². The molecule has 1 aromatic heterocycles. The van der Waals surface area contributed by atoms with E-state index in [-0.39, 0.29) is 18.4 Å². The lowest BCUT2D eigenvalue weighted by Crippen LogP contribution is -2.23. The molecule has 7 heteroatoms. The van der Waals surface area contributed by atoms with Gasteiger partial charge in [-0.15, -0.1) is 0 Å². The molecule has 0 spiro atoms. The van der Waals surface area contributed by atoms with Gasteiger partial charge in [-0.3, -0.25) is 4.79 Å². The molecule has 7 nitrogen and oxygen atoms in total. The fraction of sp³-hybridized carbons (Fsp3) is 0.179. The zero-order valence-corrected chi connectivity index (χ0v) is 19.9. The number of aromatic hydroxyl groups is 1. The fourth-order valence-corrected chi connectivity index (χ4v) is 3.78. The average molecular weight is 470 g/mol. The number of carbonyl (C=O) groups is 2. The van der Waals surface area contributed by atoms with E-state index in [4.69, 9.17) is 9.73 Å². The van der Waals surface area contributed by atoms with Gasteiger partial charge in [-0.05, 0) is 36.8 Å². The molecule has 0 saturated carbocycles. The quantitative estimate of drug-likeness (QED) is 0.299. The van der Waals surface area contributed by atoms with Crippen molar-refractivity contribution in [3.05, 3.63) is 95.1 Å². The van der Waals surface area contributed by atoms with Crippen LogP contribution in [0.25, 0.3) is 10.9 Å². The van der Waals surface area contributed by atoms with Gasteiger partial charge in [0.1, 0.15) is 0 Å². The Morgan fingerprint density at radius 1 is 0.971 bits per heavy atom. The predicted octanol–water partition coefficient (Wildman–Crippen LogP) is 4.85. The SMILES string of the molecule is CCOC(=O)c1ccc2c(C(=Nc3ccc(CC(=O)N(C)C)cc3)c3ccccc3)c(O)[nH]c2c1. The number of aromatic amines is 1. The highest BCUT2D eigenvalue weighted by atomic mass is 16.5. The molecule has 3 aromatic carbocycles. The normalized spacial score (nSPS) is 11.5. The second kappa shape index (κ2) is 10.3. The molecule has 0 bridgehead atoms. The van der Waals surface area contributed by atoms with Crippen LogP contribution in [0.4, 0.5) is 5.69 Å². The molecular formula is C28H27N3O4. The largest absolute Gasteiger partial charge is 0.494 e. The second-order valence-corrected chi connectivity index (χ2v) is 8.29. The van der Waals surface area contributed by atoms with Crippen molar-refractivity contribution in [3.63, 3.8) is 0 Å². The Kier molecular flexibility index (Phi) is 6.96. The molecule has 4 aromatic rings. The number of benzene rings is 3. The zero-order valence-electron chi connectivity index (χ0n) is 19.9. The summed E-state index contributed by atoms with van der Waals surface area (Å²) < 4.78 is 5.09. The summed E-state index contributed by atoms with van der Waals surface area (Å²) in [6.45, 7) is 2.04. The number of carbonyl (C=O) groups excluding carboxylic acids is 2. The van der Waals surface area contributed by atoms with Gasteiger partial charge in [0, 0.05) is 30.6 Å². The number of nitrogens with zero attached hydrogens (tertiary/aromatic N) is 2. The minimum atomic E-state index is -0.421. The van der Waals surface area contributed by atoms with Crippen LogP contribution in [0.2, 0.25) is 0 Å². The van der Waals surface area contributed by atoms with Crippen molar-refractivity contribution < 1.29 is 19.4 Å². The van der Waals surface area contributed by atoms with Crippen LogP contribution in [0.3, 0.4) is 0 Å². The lowest BCUT2D eigenvalue weighted by atomic mass is 10.00. The fourth-order valence-electron chi connectivity index (χ4n) is 3.78. The first-order valence-electron chi connectivity index (χ1n) is 11.3. The number of esters is 1. The van der Waals surface area contributed by atoms with E-state index in [2.05, 4.69) is 4.98 Å². The molecule has 2 N–H and O–H groups in total. The Bertz CT molecular complexity index is 1390. The van der Waals surface area contributed by atoms with Crippen LogP contribution in [-0.4, -0.2) is 53.3 Å². The van der Waals surface area contributed by atoms with E-state index < -0.39 is 5.97 Å². The lowest BCUT2D eigenvalue weighted by molar-refractivity contribution is -0.127. The molecule has 0 radical (unpaired) electrons. The summed E-state index contributed by atoms with van der Waals surface area (Å²) in [4.78, 5) is 33.6. The van der Waals surface area contributed by atoms with Crippen molar-refractivity contribution in [1.29, 1.82) is 0 Å². The highest BCUT2D eigenvalue weighted by Crippen LogP contribution is 2.32. The van der Waals surface area contributed by atoms with Crippen molar-refractivity contribution in [2.24, 2.45) is 4.99 Å². The van der Waals surface area contributed by atoms with Gasteiger partial charge in [0.2, 0.25) is 5.91 Å². The van der Waals surface area contributed by atoms with E-state index >= 15 is 0 Å². The number of hydrogen-bond acceptors (Lipinski definition) is 5. The Balaban J connectivity index is 1.78. The molecule has 178 valence electrons. The number of likely N-dealkylation sites (N-methyl/N-ethyl adjacent to an activating group) is 1. The van der Waals surface area contributed by atoms with Crippen molar-refractivity contribution in [3.8, 4) is 5.88 Å².